The van der Waals surface area contributed by atoms with Crippen molar-refractivity contribution in [2.45, 2.75) is 25.7 Å². The minimum Gasteiger partial charge on any atom is -0.162 e. The van der Waals surface area contributed by atoms with Crippen LogP contribution in [0, 0.1) is 0 Å². The Kier molecular flexibility index (Phi) is 10.8. The first-order valence-electron chi connectivity index (χ1n) is 4.15. The summed E-state index contributed by atoms with van der Waals surface area (Å²) in [7, 11) is 0. The van der Waals surface area contributed by atoms with E-state index in [9.17, 15) is 0 Å². The van der Waals surface area contributed by atoms with Gasteiger partial charge in [0.25, 0.3) is 0 Å². The topological polar surface area (TPSA) is 0 Å². The maximum absolute atomic E-state index is 2.07. The molecular formula is C8H16AuS2+. The Morgan fingerprint density at radius 1 is 0.545 bits per heavy atom. The van der Waals surface area contributed by atoms with Gasteiger partial charge in [0.05, 0.1) is 0 Å². The van der Waals surface area contributed by atoms with Crippen molar-refractivity contribution in [3.63, 3.8) is 0 Å². The van der Waals surface area contributed by atoms with Gasteiger partial charge < -0.3 is 0 Å². The molecule has 0 N–H and O–H groups in total. The van der Waals surface area contributed by atoms with Crippen LogP contribution < -0.4 is 0 Å². The van der Waals surface area contributed by atoms with E-state index >= 15 is 0 Å². The molecule has 0 radical (unpaired) electrons. The predicted molar refractivity (Wildman–Crippen MR) is 53.1 cm³/mol. The molecule has 0 aromatic rings. The van der Waals surface area contributed by atoms with Crippen molar-refractivity contribution < 1.29 is 22.4 Å². The van der Waals surface area contributed by atoms with Crippen molar-refractivity contribution in [2.75, 3.05) is 23.0 Å². The second-order valence-corrected chi connectivity index (χ2v) is 5.09. The van der Waals surface area contributed by atoms with E-state index in [1.165, 1.54) is 48.7 Å². The van der Waals surface area contributed by atoms with Gasteiger partial charge in [0.15, 0.2) is 0 Å². The number of rotatable bonds is 0. The van der Waals surface area contributed by atoms with E-state index in [1.807, 2.05) is 0 Å². The van der Waals surface area contributed by atoms with Gasteiger partial charge in [-0.3, -0.25) is 0 Å². The smallest absolute Gasteiger partial charge is 0.162 e. The standard InChI is InChI=1S/2C4H8S.Au/c2*1-2-4-5-3-1;/h2*1-4H2;/q;;+1. The minimum absolute atomic E-state index is 0. The largest absolute Gasteiger partial charge is 1.00 e. The molecule has 0 unspecified atom stereocenters. The van der Waals surface area contributed by atoms with Crippen LogP contribution in [-0.2, 0) is 22.4 Å². The third kappa shape index (κ3) is 7.79. The number of thioether (sulfide) groups is 2. The van der Waals surface area contributed by atoms with E-state index in [2.05, 4.69) is 23.5 Å². The van der Waals surface area contributed by atoms with Crippen molar-refractivity contribution in [3.05, 3.63) is 0 Å². The Labute approximate surface area is 94.2 Å². The summed E-state index contributed by atoms with van der Waals surface area (Å²) >= 11 is 4.15. The van der Waals surface area contributed by atoms with Crippen molar-refractivity contribution in [1.29, 1.82) is 0 Å². The van der Waals surface area contributed by atoms with Crippen molar-refractivity contribution >= 4 is 23.5 Å². The van der Waals surface area contributed by atoms with Crippen LogP contribution in [0.15, 0.2) is 0 Å². The van der Waals surface area contributed by atoms with Gasteiger partial charge in [-0.25, -0.2) is 0 Å². The molecule has 2 fully saturated rings. The van der Waals surface area contributed by atoms with Gasteiger partial charge in [0.1, 0.15) is 0 Å². The molecule has 0 spiro atoms. The van der Waals surface area contributed by atoms with Crippen molar-refractivity contribution in [3.8, 4) is 0 Å². The summed E-state index contributed by atoms with van der Waals surface area (Å²) < 4.78 is 0. The van der Waals surface area contributed by atoms with E-state index < -0.39 is 0 Å². The summed E-state index contributed by atoms with van der Waals surface area (Å²) in [5, 5.41) is 0. The zero-order chi connectivity index (χ0) is 7.07. The van der Waals surface area contributed by atoms with Gasteiger partial charge in [0, 0.05) is 0 Å². The second-order valence-electron chi connectivity index (χ2n) is 2.64. The molecule has 0 bridgehead atoms. The number of hydrogen-bond donors (Lipinski definition) is 0. The molecule has 0 nitrogen and oxygen atoms in total. The molecule has 0 aromatic heterocycles. The normalized spacial score (nSPS) is 21.8. The van der Waals surface area contributed by atoms with Crippen molar-refractivity contribution in [1.82, 2.24) is 0 Å². The van der Waals surface area contributed by atoms with Gasteiger partial charge in [-0.2, -0.15) is 23.5 Å². The van der Waals surface area contributed by atoms with Crippen LogP contribution in [0.2, 0.25) is 0 Å². The maximum atomic E-state index is 2.07. The second kappa shape index (κ2) is 9.53. The molecule has 11 heavy (non-hydrogen) atoms. The fourth-order valence-corrected chi connectivity index (χ4v) is 3.06. The molecule has 0 amide bonds. The zero-order valence-electron chi connectivity index (χ0n) is 6.77. The Bertz CT molecular complexity index is 45.3. The Hall–Kier alpha value is 1.44. The maximum Gasteiger partial charge on any atom is 1.00 e. The van der Waals surface area contributed by atoms with E-state index in [-0.39, 0.29) is 22.4 Å². The SMILES string of the molecule is C1CCSC1.C1CCSC1.[Au+]. The molecule has 0 atom stereocenters. The summed E-state index contributed by atoms with van der Waals surface area (Å²) in [6.07, 6.45) is 5.85. The van der Waals surface area contributed by atoms with E-state index in [4.69, 9.17) is 0 Å². The van der Waals surface area contributed by atoms with Crippen LogP contribution >= 0.6 is 23.5 Å². The summed E-state index contributed by atoms with van der Waals surface area (Å²) in [6, 6.07) is 0. The average Bonchev–Trinajstić information content (AvgIpc) is 2.67. The van der Waals surface area contributed by atoms with E-state index in [1.54, 1.807) is 0 Å². The molecular weight excluding hydrogens is 357 g/mol. The van der Waals surface area contributed by atoms with Gasteiger partial charge in [-0.1, -0.05) is 0 Å². The summed E-state index contributed by atoms with van der Waals surface area (Å²) in [5.41, 5.74) is 0. The summed E-state index contributed by atoms with van der Waals surface area (Å²) in [5.74, 6) is 5.67. The Morgan fingerprint density at radius 2 is 0.818 bits per heavy atom. The summed E-state index contributed by atoms with van der Waals surface area (Å²) in [4.78, 5) is 0. The van der Waals surface area contributed by atoms with Crippen LogP contribution in [0.3, 0.4) is 0 Å². The fourth-order valence-electron chi connectivity index (χ4n) is 1.02. The van der Waals surface area contributed by atoms with Gasteiger partial charge in [-0.05, 0) is 48.7 Å². The third-order valence-electron chi connectivity index (χ3n) is 1.65. The van der Waals surface area contributed by atoms with Crippen molar-refractivity contribution in [2.24, 2.45) is 0 Å². The first-order chi connectivity index (χ1) is 5.00. The predicted octanol–water partition coefficient (Wildman–Crippen LogP) is 3.02. The first-order valence-corrected chi connectivity index (χ1v) is 6.46. The molecule has 0 saturated carbocycles. The van der Waals surface area contributed by atoms with Gasteiger partial charge in [0.2, 0.25) is 0 Å². The molecule has 2 aliphatic rings. The molecule has 3 heteroatoms. The monoisotopic (exact) mass is 373 g/mol. The molecule has 2 saturated heterocycles. The van der Waals surface area contributed by atoms with Crippen LogP contribution in [0.5, 0.6) is 0 Å². The first kappa shape index (κ1) is 12.4. The Balaban J connectivity index is 0.000000167. The van der Waals surface area contributed by atoms with E-state index in [0.717, 1.165) is 0 Å². The molecule has 0 aromatic carbocycles. The fraction of sp³-hybridized carbons (Fsp3) is 1.00. The zero-order valence-corrected chi connectivity index (χ0v) is 10.6. The van der Waals surface area contributed by atoms with E-state index in [0.29, 0.717) is 0 Å². The Morgan fingerprint density at radius 3 is 0.909 bits per heavy atom. The molecule has 70 valence electrons. The van der Waals surface area contributed by atoms with Gasteiger partial charge >= 0.3 is 22.4 Å². The molecule has 2 aliphatic heterocycles. The minimum atomic E-state index is 0. The van der Waals surface area contributed by atoms with Crippen LogP contribution in [0.25, 0.3) is 0 Å². The third-order valence-corrected chi connectivity index (χ3v) is 3.96. The molecule has 2 heterocycles. The number of hydrogen-bond acceptors (Lipinski definition) is 2. The van der Waals surface area contributed by atoms with Crippen LogP contribution in [-0.4, -0.2) is 23.0 Å². The molecule has 2 rings (SSSR count). The quantitative estimate of drug-likeness (QED) is 0.599. The average molecular weight is 373 g/mol. The molecule has 0 aliphatic carbocycles. The van der Waals surface area contributed by atoms with Gasteiger partial charge in [-0.15, -0.1) is 0 Å². The van der Waals surface area contributed by atoms with Crippen LogP contribution in [0.1, 0.15) is 25.7 Å². The van der Waals surface area contributed by atoms with Crippen LogP contribution in [0.4, 0.5) is 0 Å². The summed E-state index contributed by atoms with van der Waals surface area (Å²) in [6.45, 7) is 0.